The van der Waals surface area contributed by atoms with E-state index in [1.807, 2.05) is 14.1 Å². The van der Waals surface area contributed by atoms with Crippen LogP contribution in [0.15, 0.2) is 103 Å². The molecular formula is C36H32F6N6. The molecule has 0 N–H and O–H groups in total. The summed E-state index contributed by atoms with van der Waals surface area (Å²) in [7, 11) is 4.09. The molecule has 0 radical (unpaired) electrons. The van der Waals surface area contributed by atoms with Crippen molar-refractivity contribution < 1.29 is 26.3 Å². The minimum absolute atomic E-state index is 0.0149. The van der Waals surface area contributed by atoms with Gasteiger partial charge in [-0.3, -0.25) is 0 Å². The number of hydrogen-bond donors (Lipinski definition) is 0. The fourth-order valence-corrected chi connectivity index (χ4v) is 5.06. The number of hydrogen-bond acceptors (Lipinski definition) is 4. The molecular weight excluding hydrogens is 630 g/mol. The van der Waals surface area contributed by atoms with Gasteiger partial charge in [0.15, 0.2) is 11.5 Å². The van der Waals surface area contributed by atoms with E-state index in [-0.39, 0.29) is 17.2 Å². The minimum Gasteiger partial charge on any atom is -0.378 e. The van der Waals surface area contributed by atoms with Gasteiger partial charge in [-0.15, -0.1) is 0 Å². The highest BCUT2D eigenvalue weighted by molar-refractivity contribution is 5.64. The first-order valence-electron chi connectivity index (χ1n) is 14.8. The Morgan fingerprint density at radius 3 is 1.73 bits per heavy atom. The van der Waals surface area contributed by atoms with Crippen LogP contribution in [0.2, 0.25) is 0 Å². The van der Waals surface area contributed by atoms with E-state index in [4.69, 9.17) is 4.98 Å². The molecule has 0 amide bonds. The zero-order valence-corrected chi connectivity index (χ0v) is 26.8. The van der Waals surface area contributed by atoms with Crippen LogP contribution >= 0.6 is 0 Å². The predicted molar refractivity (Wildman–Crippen MR) is 174 cm³/mol. The zero-order chi connectivity index (χ0) is 34.8. The van der Waals surface area contributed by atoms with E-state index in [9.17, 15) is 26.3 Å². The highest BCUT2D eigenvalue weighted by atomic mass is 19.4. The molecule has 0 spiro atoms. The van der Waals surface area contributed by atoms with Gasteiger partial charge in [0.1, 0.15) is 5.82 Å². The van der Waals surface area contributed by atoms with Crippen LogP contribution < -0.4 is 4.90 Å². The first-order chi connectivity index (χ1) is 22.6. The molecule has 0 aliphatic heterocycles. The lowest BCUT2D eigenvalue weighted by atomic mass is 10.1. The number of pyridine rings is 2. The van der Waals surface area contributed by atoms with Crippen LogP contribution in [0.3, 0.4) is 0 Å². The van der Waals surface area contributed by atoms with Crippen LogP contribution in [0.1, 0.15) is 28.3 Å². The largest absolute Gasteiger partial charge is 0.435 e. The topological polar surface area (TPSA) is 51.8 Å². The fourth-order valence-electron chi connectivity index (χ4n) is 5.06. The molecule has 248 valence electrons. The number of aromatic nitrogens is 5. The van der Waals surface area contributed by atoms with E-state index in [2.05, 4.69) is 88.0 Å². The van der Waals surface area contributed by atoms with Gasteiger partial charge in [0.2, 0.25) is 0 Å². The van der Waals surface area contributed by atoms with Crippen molar-refractivity contribution in [3.63, 3.8) is 0 Å². The quantitative estimate of drug-likeness (QED) is 0.173. The Morgan fingerprint density at radius 1 is 0.562 bits per heavy atom. The maximum Gasteiger partial charge on any atom is 0.435 e. The lowest BCUT2D eigenvalue weighted by Gasteiger charge is -2.13. The van der Waals surface area contributed by atoms with Crippen molar-refractivity contribution in [1.29, 1.82) is 0 Å². The van der Waals surface area contributed by atoms with Gasteiger partial charge in [-0.05, 0) is 75.4 Å². The van der Waals surface area contributed by atoms with Gasteiger partial charge in [0.25, 0.3) is 0 Å². The van der Waals surface area contributed by atoms with Crippen LogP contribution in [0.4, 0.5) is 32.0 Å². The Hall–Kier alpha value is -5.39. The lowest BCUT2D eigenvalue weighted by molar-refractivity contribution is -0.141. The number of rotatable bonds is 5. The van der Waals surface area contributed by atoms with Crippen LogP contribution in [-0.4, -0.2) is 38.4 Å². The van der Waals surface area contributed by atoms with Crippen LogP contribution in [0.25, 0.3) is 34.2 Å². The van der Waals surface area contributed by atoms with Crippen LogP contribution in [0, 0.1) is 20.8 Å². The Balaban J connectivity index is 0.000000190. The predicted octanol–water partition coefficient (Wildman–Crippen LogP) is 9.50. The lowest BCUT2D eigenvalue weighted by Crippen LogP contribution is -2.11. The van der Waals surface area contributed by atoms with Gasteiger partial charge in [0.05, 0.1) is 17.0 Å². The van der Waals surface area contributed by atoms with Crippen molar-refractivity contribution in [2.75, 3.05) is 19.0 Å². The van der Waals surface area contributed by atoms with E-state index in [1.165, 1.54) is 24.0 Å². The fraction of sp³-hybridized carbons (Fsp3) is 0.194. The number of halogens is 6. The maximum absolute atomic E-state index is 13.2. The zero-order valence-electron chi connectivity index (χ0n) is 26.8. The van der Waals surface area contributed by atoms with Gasteiger partial charge in [-0.1, -0.05) is 48.5 Å². The summed E-state index contributed by atoms with van der Waals surface area (Å²) in [5.74, 6) is 0.626. The SMILES string of the molecule is Cc1cc(C(F)(F)F)nn1-c1cc(C(F)(F)F)cc(-c2ccccc2)n1.Cc1ccc(C)n1-c1cccc(-c2ccc(N(C)C)cc2)n1. The summed E-state index contributed by atoms with van der Waals surface area (Å²) in [4.78, 5) is 11.0. The molecule has 2 aromatic carbocycles. The Bertz CT molecular complexity index is 1990. The van der Waals surface area contributed by atoms with Gasteiger partial charge < -0.3 is 9.47 Å². The van der Waals surface area contributed by atoms with Crippen molar-refractivity contribution in [2.45, 2.75) is 33.1 Å². The molecule has 6 rings (SSSR count). The molecule has 0 unspecified atom stereocenters. The first kappa shape index (κ1) is 34.0. The van der Waals surface area contributed by atoms with Crippen molar-refractivity contribution in [1.82, 2.24) is 24.3 Å². The van der Waals surface area contributed by atoms with Gasteiger partial charge >= 0.3 is 12.4 Å². The molecule has 4 aromatic heterocycles. The van der Waals surface area contributed by atoms with E-state index >= 15 is 0 Å². The van der Waals surface area contributed by atoms with Crippen LogP contribution in [0.5, 0.6) is 0 Å². The summed E-state index contributed by atoms with van der Waals surface area (Å²) in [5.41, 5.74) is 3.90. The summed E-state index contributed by atoms with van der Waals surface area (Å²) in [6.07, 6.45) is -9.39. The number of anilines is 1. The first-order valence-corrected chi connectivity index (χ1v) is 14.8. The normalized spacial score (nSPS) is 11.6. The van der Waals surface area contributed by atoms with Crippen molar-refractivity contribution in [2.24, 2.45) is 0 Å². The smallest absolute Gasteiger partial charge is 0.378 e. The monoisotopic (exact) mass is 662 g/mol. The molecule has 0 fully saturated rings. The summed E-state index contributed by atoms with van der Waals surface area (Å²) < 4.78 is 81.1. The third-order valence-corrected chi connectivity index (χ3v) is 7.52. The van der Waals surface area contributed by atoms with E-state index in [0.29, 0.717) is 11.6 Å². The summed E-state index contributed by atoms with van der Waals surface area (Å²) in [6, 6.07) is 29.2. The van der Waals surface area contributed by atoms with Crippen LogP contribution in [-0.2, 0) is 12.4 Å². The molecule has 0 saturated heterocycles. The third-order valence-electron chi connectivity index (χ3n) is 7.52. The van der Waals surface area contributed by atoms with E-state index in [1.54, 1.807) is 30.3 Å². The molecule has 4 heterocycles. The average molecular weight is 663 g/mol. The number of nitrogens with zero attached hydrogens (tertiary/aromatic N) is 6. The number of aryl methyl sites for hydroxylation is 3. The Morgan fingerprint density at radius 2 is 1.17 bits per heavy atom. The van der Waals surface area contributed by atoms with Crippen molar-refractivity contribution >= 4 is 5.69 Å². The number of alkyl halides is 6. The molecule has 6 aromatic rings. The van der Waals surface area contributed by atoms with Crippen molar-refractivity contribution in [3.05, 3.63) is 131 Å². The molecule has 0 bridgehead atoms. The highest BCUT2D eigenvalue weighted by Gasteiger charge is 2.36. The van der Waals surface area contributed by atoms with E-state index in [0.717, 1.165) is 33.9 Å². The Kier molecular flexibility index (Phi) is 9.47. The second-order valence-corrected chi connectivity index (χ2v) is 11.3. The molecule has 6 nitrogen and oxygen atoms in total. The molecule has 0 atom stereocenters. The highest BCUT2D eigenvalue weighted by Crippen LogP contribution is 2.34. The van der Waals surface area contributed by atoms with Gasteiger partial charge in [0, 0.05) is 48.0 Å². The summed E-state index contributed by atoms with van der Waals surface area (Å²) in [6.45, 7) is 5.52. The molecule has 0 aliphatic rings. The van der Waals surface area contributed by atoms with Gasteiger partial charge in [-0.25, -0.2) is 14.6 Å². The van der Waals surface area contributed by atoms with Crippen molar-refractivity contribution in [3.8, 4) is 34.2 Å². The third kappa shape index (κ3) is 7.59. The maximum atomic E-state index is 13.2. The van der Waals surface area contributed by atoms with Gasteiger partial charge in [-0.2, -0.15) is 31.4 Å². The Labute approximate surface area is 273 Å². The molecule has 48 heavy (non-hydrogen) atoms. The number of benzene rings is 2. The van der Waals surface area contributed by atoms with E-state index < -0.39 is 23.6 Å². The second kappa shape index (κ2) is 13.4. The molecule has 12 heteroatoms. The standard InChI is InChI=1S/C19H21N3.C17H11F6N3/c1-14-8-9-15(2)22(14)19-7-5-6-18(20-19)16-10-12-17(13-11-16)21(3)4;1-10-7-14(17(21,22)23)25-26(10)15-9-12(16(18,19)20)8-13(24-15)11-5-3-2-4-6-11/h5-13H,1-4H3;2-9H,1H3. The second-order valence-electron chi connectivity index (χ2n) is 11.3. The molecule has 0 saturated carbocycles. The average Bonchev–Trinajstić information content (AvgIpc) is 3.62. The summed E-state index contributed by atoms with van der Waals surface area (Å²) >= 11 is 0. The minimum atomic E-state index is -4.71. The summed E-state index contributed by atoms with van der Waals surface area (Å²) in [5, 5.41) is 3.37. The molecule has 0 aliphatic carbocycles.